The van der Waals surface area contributed by atoms with E-state index in [0.29, 0.717) is 45.3 Å². The van der Waals surface area contributed by atoms with Gasteiger partial charge in [-0.25, -0.2) is 9.79 Å². The van der Waals surface area contributed by atoms with Crippen LogP contribution >= 0.6 is 11.3 Å². The van der Waals surface area contributed by atoms with E-state index < -0.39 is 12.0 Å². The number of hydrogen-bond donors (Lipinski definition) is 0. The lowest BCUT2D eigenvalue weighted by atomic mass is 9.95. The summed E-state index contributed by atoms with van der Waals surface area (Å²) in [6, 6.07) is 12.7. The molecule has 0 amide bonds. The third kappa shape index (κ3) is 5.83. The second kappa shape index (κ2) is 12.2. The molecule has 0 unspecified atom stereocenters. The van der Waals surface area contributed by atoms with Gasteiger partial charge in [-0.15, -0.1) is 0 Å². The molecular weight excluding hydrogens is 514 g/mol. The Morgan fingerprint density at radius 1 is 1.10 bits per heavy atom. The molecule has 4 rings (SSSR count). The molecule has 0 spiro atoms. The number of rotatable bonds is 10. The predicted molar refractivity (Wildman–Crippen MR) is 154 cm³/mol. The van der Waals surface area contributed by atoms with E-state index in [1.54, 1.807) is 30.6 Å². The quantitative estimate of drug-likeness (QED) is 0.284. The van der Waals surface area contributed by atoms with Crippen molar-refractivity contribution in [2.45, 2.75) is 26.8 Å². The summed E-state index contributed by atoms with van der Waals surface area (Å²) in [5.74, 6) is 0.706. The van der Waals surface area contributed by atoms with Gasteiger partial charge in [0.05, 0.1) is 35.1 Å². The van der Waals surface area contributed by atoms with Gasteiger partial charge in [0.25, 0.3) is 5.56 Å². The van der Waals surface area contributed by atoms with Gasteiger partial charge in [-0.05, 0) is 62.2 Å². The van der Waals surface area contributed by atoms with E-state index in [9.17, 15) is 9.59 Å². The van der Waals surface area contributed by atoms with Crippen molar-refractivity contribution in [3.63, 3.8) is 0 Å². The number of ether oxygens (including phenoxy) is 3. The molecule has 3 aromatic rings. The van der Waals surface area contributed by atoms with Gasteiger partial charge in [0.1, 0.15) is 6.61 Å². The number of aromatic nitrogens is 1. The lowest BCUT2D eigenvalue weighted by Crippen LogP contribution is -2.39. The molecule has 1 aliphatic rings. The Kier molecular flexibility index (Phi) is 8.71. The van der Waals surface area contributed by atoms with Crippen molar-refractivity contribution in [3.05, 3.63) is 97.2 Å². The average Bonchev–Trinajstić information content (AvgIpc) is 3.21. The van der Waals surface area contributed by atoms with Crippen LogP contribution in [0.25, 0.3) is 6.08 Å². The molecule has 0 saturated carbocycles. The second-order valence-corrected chi connectivity index (χ2v) is 10.0. The van der Waals surface area contributed by atoms with Crippen LogP contribution < -0.4 is 29.3 Å². The summed E-state index contributed by atoms with van der Waals surface area (Å²) in [7, 11) is 3.92. The smallest absolute Gasteiger partial charge is 0.338 e. The zero-order valence-electron chi connectivity index (χ0n) is 22.9. The third-order valence-corrected chi connectivity index (χ3v) is 7.15. The number of carbonyl (C=O) groups is 1. The highest BCUT2D eigenvalue weighted by atomic mass is 32.1. The number of benzene rings is 2. The van der Waals surface area contributed by atoms with Gasteiger partial charge in [0, 0.05) is 19.8 Å². The van der Waals surface area contributed by atoms with Crippen molar-refractivity contribution in [1.82, 2.24) is 4.57 Å². The Hall–Kier alpha value is -4.11. The Bertz CT molecular complexity index is 1580. The van der Waals surface area contributed by atoms with E-state index in [1.807, 2.05) is 68.4 Å². The van der Waals surface area contributed by atoms with Crippen molar-refractivity contribution in [3.8, 4) is 11.5 Å². The molecule has 1 aliphatic heterocycles. The van der Waals surface area contributed by atoms with Crippen LogP contribution in [0.3, 0.4) is 0 Å². The number of carbonyl (C=O) groups excluding carboxylic acids is 1. The molecule has 1 aromatic heterocycles. The second-order valence-electron chi connectivity index (χ2n) is 9.03. The first kappa shape index (κ1) is 27.9. The summed E-state index contributed by atoms with van der Waals surface area (Å²) in [6.45, 7) is 10.2. The molecule has 9 heteroatoms. The zero-order chi connectivity index (χ0) is 28.1. The first-order valence-corrected chi connectivity index (χ1v) is 13.6. The number of nitrogens with zero attached hydrogens (tertiary/aromatic N) is 3. The molecule has 39 heavy (non-hydrogen) atoms. The largest absolute Gasteiger partial charge is 0.490 e. The molecule has 0 fully saturated rings. The summed E-state index contributed by atoms with van der Waals surface area (Å²) in [5, 5.41) is 0. The van der Waals surface area contributed by atoms with E-state index in [0.717, 1.165) is 16.8 Å². The number of fused-ring (bicyclic) bond motifs is 1. The fourth-order valence-electron chi connectivity index (χ4n) is 4.36. The molecule has 0 bridgehead atoms. The molecule has 204 valence electrons. The number of esters is 1. The van der Waals surface area contributed by atoms with Crippen molar-refractivity contribution >= 4 is 29.1 Å². The number of thiazole rings is 1. The number of anilines is 1. The first-order chi connectivity index (χ1) is 18.8. The maximum atomic E-state index is 13.9. The fraction of sp³-hybridized carbons (Fsp3) is 0.300. The molecule has 2 heterocycles. The Labute approximate surface area is 231 Å². The minimum atomic E-state index is -0.660. The van der Waals surface area contributed by atoms with Crippen molar-refractivity contribution in [2.75, 3.05) is 38.8 Å². The van der Waals surface area contributed by atoms with Gasteiger partial charge in [0.2, 0.25) is 0 Å². The normalized spacial score (nSPS) is 14.9. The van der Waals surface area contributed by atoms with E-state index in [4.69, 9.17) is 14.2 Å². The van der Waals surface area contributed by atoms with Gasteiger partial charge in [-0.1, -0.05) is 42.2 Å². The minimum absolute atomic E-state index is 0.223. The van der Waals surface area contributed by atoms with E-state index in [2.05, 4.69) is 11.6 Å². The molecule has 0 N–H and O–H groups in total. The molecule has 0 aliphatic carbocycles. The van der Waals surface area contributed by atoms with Crippen LogP contribution in [0.2, 0.25) is 0 Å². The SMILES string of the molecule is C=CCOc1ccc(/C=c2\sc3n(c2=O)[C@H](c2ccc(N(C)C)cc2)C(C(=O)OCC)=C(C)N=3)cc1OCC. The van der Waals surface area contributed by atoms with E-state index >= 15 is 0 Å². The van der Waals surface area contributed by atoms with Gasteiger partial charge >= 0.3 is 5.97 Å². The summed E-state index contributed by atoms with van der Waals surface area (Å²) in [6.07, 6.45) is 3.47. The standard InChI is InChI=1S/C30H33N3O5S/c1-7-16-38-23-15-10-20(17-24(23)36-8-2)18-25-28(34)33-27(21-11-13-22(14-12-21)32(5)6)26(29(35)37-9-3)19(4)31-30(33)39-25/h7,10-15,17-18,27H,1,8-9,16H2,2-6H3/b25-18-/t27-/m1/s1. The third-order valence-electron chi connectivity index (χ3n) is 6.16. The van der Waals surface area contributed by atoms with Crippen LogP contribution in [0.1, 0.15) is 37.9 Å². The van der Waals surface area contributed by atoms with Crippen LogP contribution in [0.5, 0.6) is 11.5 Å². The van der Waals surface area contributed by atoms with Crippen LogP contribution in [0.15, 0.2) is 76.2 Å². The Balaban J connectivity index is 1.86. The highest BCUT2D eigenvalue weighted by molar-refractivity contribution is 7.07. The van der Waals surface area contributed by atoms with Crippen molar-refractivity contribution < 1.29 is 19.0 Å². The molecule has 0 saturated heterocycles. The van der Waals surface area contributed by atoms with Crippen LogP contribution in [-0.4, -0.2) is 44.5 Å². The number of hydrogen-bond acceptors (Lipinski definition) is 8. The fourth-order valence-corrected chi connectivity index (χ4v) is 5.41. The topological polar surface area (TPSA) is 82.4 Å². The Morgan fingerprint density at radius 2 is 1.85 bits per heavy atom. The van der Waals surface area contributed by atoms with E-state index in [-0.39, 0.29) is 12.2 Å². The van der Waals surface area contributed by atoms with Crippen molar-refractivity contribution in [1.29, 1.82) is 0 Å². The molecule has 2 aromatic carbocycles. The molecule has 8 nitrogen and oxygen atoms in total. The van der Waals surface area contributed by atoms with Crippen LogP contribution in [0.4, 0.5) is 5.69 Å². The van der Waals surface area contributed by atoms with Crippen molar-refractivity contribution in [2.24, 2.45) is 4.99 Å². The summed E-state index contributed by atoms with van der Waals surface area (Å²) in [5.41, 5.74) is 3.24. The zero-order valence-corrected chi connectivity index (χ0v) is 23.7. The van der Waals surface area contributed by atoms with Gasteiger partial charge in [-0.3, -0.25) is 9.36 Å². The number of allylic oxidation sites excluding steroid dienone is 1. The molecule has 1 atom stereocenters. The lowest BCUT2D eigenvalue weighted by molar-refractivity contribution is -0.139. The predicted octanol–water partition coefficient (Wildman–Crippen LogP) is 3.83. The maximum absolute atomic E-state index is 13.9. The van der Waals surface area contributed by atoms with Gasteiger partial charge < -0.3 is 19.1 Å². The maximum Gasteiger partial charge on any atom is 0.338 e. The molecule has 0 radical (unpaired) electrons. The Morgan fingerprint density at radius 3 is 2.49 bits per heavy atom. The monoisotopic (exact) mass is 547 g/mol. The average molecular weight is 548 g/mol. The summed E-state index contributed by atoms with van der Waals surface area (Å²) < 4.78 is 18.9. The first-order valence-electron chi connectivity index (χ1n) is 12.8. The molecular formula is C30H33N3O5S. The highest BCUT2D eigenvalue weighted by Gasteiger charge is 2.33. The highest BCUT2D eigenvalue weighted by Crippen LogP contribution is 2.32. The summed E-state index contributed by atoms with van der Waals surface area (Å²) in [4.78, 5) is 34.1. The van der Waals surface area contributed by atoms with Crippen LogP contribution in [0, 0.1) is 0 Å². The van der Waals surface area contributed by atoms with Gasteiger partial charge in [-0.2, -0.15) is 0 Å². The summed E-state index contributed by atoms with van der Waals surface area (Å²) >= 11 is 1.28. The minimum Gasteiger partial charge on any atom is -0.490 e. The van der Waals surface area contributed by atoms with Crippen LogP contribution in [-0.2, 0) is 9.53 Å². The van der Waals surface area contributed by atoms with Gasteiger partial charge in [0.15, 0.2) is 16.3 Å². The van der Waals surface area contributed by atoms with E-state index in [1.165, 1.54) is 11.3 Å². The lowest BCUT2D eigenvalue weighted by Gasteiger charge is -2.25.